The number of halogens is 1. The lowest BCUT2D eigenvalue weighted by Crippen LogP contribution is -2.22. The van der Waals surface area contributed by atoms with Crippen LogP contribution >= 0.6 is 11.6 Å². The molecule has 0 unspecified atom stereocenters. The van der Waals surface area contributed by atoms with Crippen LogP contribution < -0.4 is 10.6 Å². The number of nitrogens with one attached hydrogen (secondary N) is 2. The van der Waals surface area contributed by atoms with E-state index in [1.54, 1.807) is 36.4 Å². The number of hydrogen-bond acceptors (Lipinski definition) is 6. The molecule has 0 aromatic heterocycles. The molecule has 0 aliphatic heterocycles. The lowest BCUT2D eigenvalue weighted by molar-refractivity contribution is -0.147. The zero-order chi connectivity index (χ0) is 23.5. The summed E-state index contributed by atoms with van der Waals surface area (Å²) >= 11 is 5.96. The Labute approximate surface area is 191 Å². The van der Waals surface area contributed by atoms with Gasteiger partial charge in [0.05, 0.1) is 29.3 Å². The molecule has 170 valence electrons. The lowest BCUT2D eigenvalue weighted by Gasteiger charge is -2.09. The van der Waals surface area contributed by atoms with Gasteiger partial charge in [-0.05, 0) is 42.3 Å². The third-order valence-corrected chi connectivity index (χ3v) is 4.35. The average Bonchev–Trinajstić information content (AvgIpc) is 2.76. The summed E-state index contributed by atoms with van der Waals surface area (Å²) in [4.78, 5) is 47.5. The van der Waals surface area contributed by atoms with Crippen LogP contribution in [0.3, 0.4) is 0 Å². The molecule has 0 fully saturated rings. The number of para-hydroxylation sites is 1. The first kappa shape index (κ1) is 24.9. The van der Waals surface area contributed by atoms with Crippen molar-refractivity contribution >= 4 is 46.7 Å². The molecule has 8 nitrogen and oxygen atoms in total. The van der Waals surface area contributed by atoms with Gasteiger partial charge in [-0.3, -0.25) is 14.4 Å². The predicted octanol–water partition coefficient (Wildman–Crippen LogP) is 4.05. The van der Waals surface area contributed by atoms with Crippen molar-refractivity contribution in [1.82, 2.24) is 0 Å². The third-order valence-electron chi connectivity index (χ3n) is 4.02. The Morgan fingerprint density at radius 3 is 2.22 bits per heavy atom. The van der Waals surface area contributed by atoms with Crippen molar-refractivity contribution in [2.24, 2.45) is 5.92 Å². The van der Waals surface area contributed by atoms with Crippen LogP contribution in [0.25, 0.3) is 0 Å². The monoisotopic (exact) mass is 460 g/mol. The number of benzene rings is 2. The molecule has 2 N–H and O–H groups in total. The van der Waals surface area contributed by atoms with E-state index in [0.717, 1.165) is 0 Å². The molecule has 0 heterocycles. The molecule has 0 aliphatic carbocycles. The Bertz CT molecular complexity index is 959. The molecule has 32 heavy (non-hydrogen) atoms. The van der Waals surface area contributed by atoms with E-state index in [4.69, 9.17) is 21.1 Å². The van der Waals surface area contributed by atoms with E-state index in [2.05, 4.69) is 10.6 Å². The second kappa shape index (κ2) is 12.5. The normalized spacial score (nSPS) is 10.4. The summed E-state index contributed by atoms with van der Waals surface area (Å²) < 4.78 is 10.0. The Kier molecular flexibility index (Phi) is 9.69. The van der Waals surface area contributed by atoms with E-state index in [9.17, 15) is 19.2 Å². The van der Waals surface area contributed by atoms with Crippen molar-refractivity contribution in [3.05, 3.63) is 59.1 Å². The summed E-state index contributed by atoms with van der Waals surface area (Å²) in [6.45, 7) is 3.70. The molecule has 2 rings (SSSR count). The molecule has 2 aromatic rings. The quantitative estimate of drug-likeness (QED) is 0.517. The number of rotatable bonds is 10. The molecular formula is C23H25ClN2O6. The van der Waals surface area contributed by atoms with E-state index in [1.807, 2.05) is 13.8 Å². The van der Waals surface area contributed by atoms with E-state index in [1.165, 1.54) is 12.1 Å². The van der Waals surface area contributed by atoms with Crippen molar-refractivity contribution in [2.45, 2.75) is 26.7 Å². The first-order chi connectivity index (χ1) is 15.2. The average molecular weight is 461 g/mol. The van der Waals surface area contributed by atoms with Crippen molar-refractivity contribution in [1.29, 1.82) is 0 Å². The van der Waals surface area contributed by atoms with Crippen LogP contribution in [-0.2, 0) is 23.9 Å². The van der Waals surface area contributed by atoms with Crippen molar-refractivity contribution in [3.8, 4) is 0 Å². The molecule has 0 radical (unpaired) electrons. The Morgan fingerprint density at radius 2 is 1.56 bits per heavy atom. The van der Waals surface area contributed by atoms with Crippen LogP contribution in [-0.4, -0.2) is 37.0 Å². The van der Waals surface area contributed by atoms with Gasteiger partial charge in [0.2, 0.25) is 5.91 Å². The van der Waals surface area contributed by atoms with Gasteiger partial charge in [0, 0.05) is 12.1 Å². The fraction of sp³-hybridized carbons (Fsp3) is 0.304. The molecule has 2 amide bonds. The molecule has 0 bridgehead atoms. The molecule has 0 spiro atoms. The summed E-state index contributed by atoms with van der Waals surface area (Å²) in [6, 6.07) is 12.9. The number of amides is 2. The second-order valence-corrected chi connectivity index (χ2v) is 7.71. The summed E-state index contributed by atoms with van der Waals surface area (Å²) in [6.07, 6.45) is -0.295. The maximum Gasteiger partial charge on any atom is 0.338 e. The lowest BCUT2D eigenvalue weighted by atomic mass is 10.2. The largest absolute Gasteiger partial charge is 0.462 e. The van der Waals surface area contributed by atoms with Crippen LogP contribution in [0.4, 0.5) is 11.4 Å². The van der Waals surface area contributed by atoms with Gasteiger partial charge in [-0.25, -0.2) is 4.79 Å². The van der Waals surface area contributed by atoms with Crippen LogP contribution in [0.2, 0.25) is 5.02 Å². The van der Waals surface area contributed by atoms with Crippen molar-refractivity contribution in [3.63, 3.8) is 0 Å². The highest BCUT2D eigenvalue weighted by Gasteiger charge is 2.13. The van der Waals surface area contributed by atoms with Gasteiger partial charge >= 0.3 is 11.9 Å². The molecule has 9 heteroatoms. The minimum Gasteiger partial charge on any atom is -0.462 e. The van der Waals surface area contributed by atoms with Crippen molar-refractivity contribution < 1.29 is 28.7 Å². The third kappa shape index (κ3) is 8.77. The SMILES string of the molecule is CC(C)COC(=O)c1ccc(NC(=O)COC(=O)CCC(=O)Nc2ccccc2Cl)cc1. The second-order valence-electron chi connectivity index (χ2n) is 7.31. The van der Waals surface area contributed by atoms with Crippen LogP contribution in [0.15, 0.2) is 48.5 Å². The Balaban J connectivity index is 1.69. The van der Waals surface area contributed by atoms with Crippen molar-refractivity contribution in [2.75, 3.05) is 23.8 Å². The highest BCUT2D eigenvalue weighted by atomic mass is 35.5. The van der Waals surface area contributed by atoms with Gasteiger partial charge in [0.25, 0.3) is 5.91 Å². The number of anilines is 2. The predicted molar refractivity (Wildman–Crippen MR) is 120 cm³/mol. The smallest absolute Gasteiger partial charge is 0.338 e. The maximum absolute atomic E-state index is 12.0. The highest BCUT2D eigenvalue weighted by Crippen LogP contribution is 2.20. The number of carbonyl (C=O) groups is 4. The van der Waals surface area contributed by atoms with Gasteiger partial charge < -0.3 is 20.1 Å². The first-order valence-corrected chi connectivity index (χ1v) is 10.4. The molecular weight excluding hydrogens is 436 g/mol. The van der Waals surface area contributed by atoms with E-state index >= 15 is 0 Å². The van der Waals surface area contributed by atoms with Gasteiger partial charge in [-0.1, -0.05) is 37.6 Å². The zero-order valence-electron chi connectivity index (χ0n) is 17.9. The van der Waals surface area contributed by atoms with E-state index in [0.29, 0.717) is 28.6 Å². The van der Waals surface area contributed by atoms with Gasteiger partial charge in [0.15, 0.2) is 6.61 Å². The Morgan fingerprint density at radius 1 is 0.875 bits per heavy atom. The number of hydrogen-bond donors (Lipinski definition) is 2. The van der Waals surface area contributed by atoms with Crippen LogP contribution in [0.5, 0.6) is 0 Å². The summed E-state index contributed by atoms with van der Waals surface area (Å²) in [5, 5.41) is 5.54. The molecule has 0 saturated heterocycles. The Hall–Kier alpha value is -3.39. The number of esters is 2. The standard InChI is InChI=1S/C23H25ClN2O6/c1-15(2)13-32-23(30)16-7-9-17(10-8-16)25-21(28)14-31-22(29)12-11-20(27)26-19-6-4-3-5-18(19)24/h3-10,15H,11-14H2,1-2H3,(H,25,28)(H,26,27). The summed E-state index contributed by atoms with van der Waals surface area (Å²) in [5.74, 6) is -1.83. The van der Waals surface area contributed by atoms with Crippen LogP contribution in [0.1, 0.15) is 37.0 Å². The molecule has 0 atom stereocenters. The first-order valence-electron chi connectivity index (χ1n) is 10.0. The minimum absolute atomic E-state index is 0.111. The zero-order valence-corrected chi connectivity index (χ0v) is 18.6. The molecule has 0 aliphatic rings. The molecule has 2 aromatic carbocycles. The fourth-order valence-corrected chi connectivity index (χ4v) is 2.60. The number of carbonyl (C=O) groups excluding carboxylic acids is 4. The summed E-state index contributed by atoms with van der Waals surface area (Å²) in [5.41, 5.74) is 1.25. The van der Waals surface area contributed by atoms with Crippen LogP contribution in [0, 0.1) is 5.92 Å². The van der Waals surface area contributed by atoms with Gasteiger partial charge in [-0.2, -0.15) is 0 Å². The van der Waals surface area contributed by atoms with Gasteiger partial charge in [0.1, 0.15) is 0 Å². The highest BCUT2D eigenvalue weighted by molar-refractivity contribution is 6.33. The topological polar surface area (TPSA) is 111 Å². The molecule has 0 saturated carbocycles. The minimum atomic E-state index is -0.683. The van der Waals surface area contributed by atoms with E-state index < -0.39 is 30.4 Å². The number of ether oxygens (including phenoxy) is 2. The van der Waals surface area contributed by atoms with Gasteiger partial charge in [-0.15, -0.1) is 0 Å². The fourth-order valence-electron chi connectivity index (χ4n) is 2.42. The maximum atomic E-state index is 12.0. The summed E-state index contributed by atoms with van der Waals surface area (Å²) in [7, 11) is 0. The van der Waals surface area contributed by atoms with E-state index in [-0.39, 0.29) is 18.8 Å².